The molecule has 0 bridgehead atoms. The molecule has 12 heteroatoms. The zero-order valence-electron chi connectivity index (χ0n) is 19.4. The average Bonchev–Trinajstić information content (AvgIpc) is 2.85. The summed E-state index contributed by atoms with van der Waals surface area (Å²) >= 11 is 12.3. The van der Waals surface area contributed by atoms with Gasteiger partial charge in [-0.25, -0.2) is 0 Å². The molecule has 0 radical (unpaired) electrons. The Morgan fingerprint density at radius 3 is 2.43 bits per heavy atom. The van der Waals surface area contributed by atoms with Gasteiger partial charge in [0.25, 0.3) is 16.0 Å². The zero-order valence-corrected chi connectivity index (χ0v) is 21.7. The van der Waals surface area contributed by atoms with E-state index < -0.39 is 26.7 Å². The highest BCUT2D eigenvalue weighted by molar-refractivity contribution is 7.86. The van der Waals surface area contributed by atoms with Gasteiger partial charge in [-0.15, -0.1) is 10.2 Å². The lowest BCUT2D eigenvalue weighted by Crippen LogP contribution is -2.12. The lowest BCUT2D eigenvalue weighted by molar-refractivity contribution is 0.102. The Bertz CT molecular complexity index is 1690. The number of halogens is 2. The van der Waals surface area contributed by atoms with Crippen LogP contribution in [0.1, 0.15) is 15.9 Å². The molecule has 4 aromatic carbocycles. The van der Waals surface area contributed by atoms with Crippen molar-refractivity contribution in [2.24, 2.45) is 10.2 Å². The van der Waals surface area contributed by atoms with Crippen molar-refractivity contribution in [3.8, 4) is 11.5 Å². The number of carbonyl (C=O) groups excluding carboxylic acids is 1. The first-order valence-electron chi connectivity index (χ1n) is 10.6. The van der Waals surface area contributed by atoms with Gasteiger partial charge in [0.05, 0.1) is 23.4 Å². The van der Waals surface area contributed by atoms with Crippen molar-refractivity contribution < 1.29 is 27.6 Å². The van der Waals surface area contributed by atoms with E-state index in [4.69, 9.17) is 27.9 Å². The third kappa shape index (κ3) is 5.52. The second kappa shape index (κ2) is 10.3. The van der Waals surface area contributed by atoms with E-state index in [9.17, 15) is 22.9 Å². The monoisotopic (exact) mass is 559 g/mol. The van der Waals surface area contributed by atoms with E-state index in [1.54, 1.807) is 43.3 Å². The number of rotatable bonds is 6. The number of fused-ring (bicyclic) bond motifs is 1. The molecule has 0 heterocycles. The smallest absolute Gasteiger partial charge is 0.296 e. The molecule has 0 saturated carbocycles. The number of ether oxygens (including phenoxy) is 1. The summed E-state index contributed by atoms with van der Waals surface area (Å²) in [7, 11) is -3.19. The third-order valence-corrected chi connectivity index (χ3v) is 7.06. The van der Waals surface area contributed by atoms with Crippen molar-refractivity contribution in [2.75, 3.05) is 12.4 Å². The van der Waals surface area contributed by atoms with Gasteiger partial charge in [0.15, 0.2) is 5.75 Å². The Labute approximate surface area is 222 Å². The first-order valence-corrected chi connectivity index (χ1v) is 12.8. The van der Waals surface area contributed by atoms with Crippen LogP contribution in [0.2, 0.25) is 10.0 Å². The number of anilines is 1. The molecule has 0 aliphatic carbocycles. The SMILES string of the molecule is COc1ccc(Cl)c(NC(=O)c2cc3ccccc3c(N=Nc3cc(Cl)c(C)cc3S(=O)(=O)O)c2O)c1. The van der Waals surface area contributed by atoms with E-state index in [0.717, 1.165) is 6.07 Å². The standard InChI is InChI=1S/C25H19Cl2N3O6S/c1-13-9-22(37(33,34)35)21(12-19(13)27)29-30-23-16-6-4-3-5-14(16)10-17(24(23)31)25(32)28-20-11-15(36-2)7-8-18(20)26/h3-12,31H,1-2H3,(H,28,32)(H,33,34,35). The molecule has 190 valence electrons. The largest absolute Gasteiger partial charge is 0.505 e. The molecule has 0 saturated heterocycles. The fourth-order valence-corrected chi connectivity index (χ4v) is 4.55. The molecule has 4 aromatic rings. The molecule has 0 aliphatic rings. The summed E-state index contributed by atoms with van der Waals surface area (Å²) in [5, 5.41) is 23.1. The minimum absolute atomic E-state index is 0.0991. The average molecular weight is 560 g/mol. The van der Waals surface area contributed by atoms with E-state index in [2.05, 4.69) is 15.5 Å². The van der Waals surface area contributed by atoms with E-state index >= 15 is 0 Å². The van der Waals surface area contributed by atoms with E-state index in [-0.39, 0.29) is 32.7 Å². The fourth-order valence-electron chi connectivity index (χ4n) is 3.54. The Morgan fingerprint density at radius 1 is 1.00 bits per heavy atom. The van der Waals surface area contributed by atoms with Gasteiger partial charge < -0.3 is 15.2 Å². The number of methoxy groups -OCH3 is 1. The van der Waals surface area contributed by atoms with Crippen LogP contribution >= 0.6 is 23.2 Å². The molecule has 4 rings (SSSR count). The summed E-state index contributed by atoms with van der Waals surface area (Å²) < 4.78 is 38.6. The molecule has 0 atom stereocenters. The van der Waals surface area contributed by atoms with Gasteiger partial charge >= 0.3 is 0 Å². The van der Waals surface area contributed by atoms with Crippen molar-refractivity contribution >= 4 is 67.1 Å². The van der Waals surface area contributed by atoms with Crippen LogP contribution in [-0.4, -0.2) is 31.1 Å². The highest BCUT2D eigenvalue weighted by Crippen LogP contribution is 2.41. The topological polar surface area (TPSA) is 138 Å². The van der Waals surface area contributed by atoms with Crippen LogP contribution in [0.4, 0.5) is 17.1 Å². The van der Waals surface area contributed by atoms with Crippen LogP contribution in [0.5, 0.6) is 11.5 Å². The number of aryl methyl sites for hydroxylation is 1. The minimum atomic E-state index is -4.66. The molecule has 0 spiro atoms. The first-order chi connectivity index (χ1) is 17.5. The minimum Gasteiger partial charge on any atom is -0.505 e. The molecule has 9 nitrogen and oxygen atoms in total. The number of nitrogens with one attached hydrogen (secondary N) is 1. The van der Waals surface area contributed by atoms with Gasteiger partial charge in [-0.3, -0.25) is 9.35 Å². The van der Waals surface area contributed by atoms with Crippen LogP contribution in [0.25, 0.3) is 10.8 Å². The normalized spacial score (nSPS) is 11.7. The summed E-state index contributed by atoms with van der Waals surface area (Å²) in [5.41, 5.74) is 0.173. The van der Waals surface area contributed by atoms with E-state index in [1.165, 1.54) is 25.3 Å². The van der Waals surface area contributed by atoms with Gasteiger partial charge in [-0.2, -0.15) is 8.42 Å². The molecule has 0 unspecified atom stereocenters. The Balaban J connectivity index is 1.84. The number of aromatic hydroxyl groups is 1. The quantitative estimate of drug-likeness (QED) is 0.170. The molecule has 0 aliphatic heterocycles. The number of nitrogens with zero attached hydrogens (tertiary/aromatic N) is 2. The maximum atomic E-state index is 13.2. The van der Waals surface area contributed by atoms with Gasteiger partial charge in [-0.1, -0.05) is 47.5 Å². The number of hydrogen-bond donors (Lipinski definition) is 3. The maximum Gasteiger partial charge on any atom is 0.296 e. The highest BCUT2D eigenvalue weighted by Gasteiger charge is 2.21. The molecule has 0 aromatic heterocycles. The summed E-state index contributed by atoms with van der Waals surface area (Å²) in [6.07, 6.45) is 0. The van der Waals surface area contributed by atoms with Gasteiger partial charge in [-0.05, 0) is 48.2 Å². The highest BCUT2D eigenvalue weighted by atomic mass is 35.5. The lowest BCUT2D eigenvalue weighted by Gasteiger charge is -2.13. The number of phenolic OH excluding ortho intramolecular Hbond substituents is 1. The number of phenols is 1. The zero-order chi connectivity index (χ0) is 26.9. The van der Waals surface area contributed by atoms with Crippen molar-refractivity contribution in [3.05, 3.63) is 81.8 Å². The molecule has 0 fully saturated rings. The predicted molar refractivity (Wildman–Crippen MR) is 142 cm³/mol. The Kier molecular flexibility index (Phi) is 7.37. The van der Waals surface area contributed by atoms with Crippen LogP contribution in [0.15, 0.2) is 75.8 Å². The van der Waals surface area contributed by atoms with Gasteiger partial charge in [0.2, 0.25) is 0 Å². The Hall–Kier alpha value is -3.70. The second-order valence-corrected chi connectivity index (χ2v) is 10.1. The number of azo groups is 1. The number of amides is 1. The molecular weight excluding hydrogens is 541 g/mol. The third-order valence-electron chi connectivity index (χ3n) is 5.44. The van der Waals surface area contributed by atoms with E-state index in [0.29, 0.717) is 22.1 Å². The van der Waals surface area contributed by atoms with Crippen molar-refractivity contribution in [3.63, 3.8) is 0 Å². The molecule has 1 amide bonds. The van der Waals surface area contributed by atoms with E-state index in [1.807, 2.05) is 0 Å². The van der Waals surface area contributed by atoms with Crippen LogP contribution in [0.3, 0.4) is 0 Å². The Morgan fingerprint density at radius 2 is 1.73 bits per heavy atom. The second-order valence-electron chi connectivity index (χ2n) is 7.89. The summed E-state index contributed by atoms with van der Waals surface area (Å²) in [6.45, 7) is 1.56. The summed E-state index contributed by atoms with van der Waals surface area (Å²) in [6, 6.07) is 15.3. The van der Waals surface area contributed by atoms with Crippen LogP contribution < -0.4 is 10.1 Å². The fraction of sp³-hybridized carbons (Fsp3) is 0.0800. The number of carbonyl (C=O) groups is 1. The first kappa shape index (κ1) is 26.4. The number of benzene rings is 4. The summed E-state index contributed by atoms with van der Waals surface area (Å²) in [5.74, 6) is -0.735. The van der Waals surface area contributed by atoms with Crippen LogP contribution in [-0.2, 0) is 10.1 Å². The maximum absolute atomic E-state index is 13.2. The molecule has 37 heavy (non-hydrogen) atoms. The van der Waals surface area contributed by atoms with Crippen molar-refractivity contribution in [1.82, 2.24) is 0 Å². The lowest BCUT2D eigenvalue weighted by atomic mass is 10.0. The number of hydrogen-bond acceptors (Lipinski definition) is 7. The van der Waals surface area contributed by atoms with Crippen molar-refractivity contribution in [1.29, 1.82) is 0 Å². The van der Waals surface area contributed by atoms with Crippen molar-refractivity contribution in [2.45, 2.75) is 11.8 Å². The van der Waals surface area contributed by atoms with Gasteiger partial charge in [0, 0.05) is 16.5 Å². The summed E-state index contributed by atoms with van der Waals surface area (Å²) in [4.78, 5) is 12.6. The van der Waals surface area contributed by atoms with Crippen LogP contribution in [0, 0.1) is 6.92 Å². The predicted octanol–water partition coefficient (Wildman–Crippen LogP) is 7.08. The van der Waals surface area contributed by atoms with Gasteiger partial charge in [0.1, 0.15) is 22.0 Å². The molecular formula is C25H19Cl2N3O6S. The molecule has 3 N–H and O–H groups in total.